The number of nitrogens with zero attached hydrogens (tertiary/aromatic N) is 2. The number of anilines is 1. The predicted molar refractivity (Wildman–Crippen MR) is 70.0 cm³/mol. The maximum Gasteiger partial charge on any atom is 0.227 e. The van der Waals surface area contributed by atoms with Crippen molar-refractivity contribution in [2.24, 2.45) is 18.7 Å². The molecule has 1 aliphatic rings. The molecular formula is C13H16N4O. The van der Waals surface area contributed by atoms with Crippen molar-refractivity contribution >= 4 is 22.6 Å². The molecule has 1 aromatic heterocycles. The van der Waals surface area contributed by atoms with Crippen molar-refractivity contribution in [2.45, 2.75) is 18.9 Å². The third-order valence-corrected chi connectivity index (χ3v) is 3.54. The molecule has 0 spiro atoms. The van der Waals surface area contributed by atoms with Gasteiger partial charge in [-0.2, -0.15) is 0 Å². The number of hydrogen-bond acceptors (Lipinski definition) is 3. The van der Waals surface area contributed by atoms with E-state index in [0.717, 1.165) is 29.6 Å². The van der Waals surface area contributed by atoms with Gasteiger partial charge in [-0.25, -0.2) is 4.98 Å². The van der Waals surface area contributed by atoms with Crippen molar-refractivity contribution in [3.63, 3.8) is 0 Å². The summed E-state index contributed by atoms with van der Waals surface area (Å²) in [4.78, 5) is 16.2. The van der Waals surface area contributed by atoms with Crippen LogP contribution in [-0.4, -0.2) is 21.5 Å². The molecule has 1 aromatic carbocycles. The first-order valence-corrected chi connectivity index (χ1v) is 6.11. The number of nitrogens with one attached hydrogen (secondary N) is 1. The van der Waals surface area contributed by atoms with Crippen LogP contribution in [0.15, 0.2) is 24.5 Å². The van der Waals surface area contributed by atoms with E-state index in [1.54, 1.807) is 6.33 Å². The second kappa shape index (κ2) is 4.10. The zero-order valence-electron chi connectivity index (χ0n) is 10.3. The van der Waals surface area contributed by atoms with Gasteiger partial charge in [-0.1, -0.05) is 0 Å². The maximum atomic E-state index is 11.9. The summed E-state index contributed by atoms with van der Waals surface area (Å²) in [5.74, 6) is 0.131. The third-order valence-electron chi connectivity index (χ3n) is 3.54. The Balaban J connectivity index is 1.76. The maximum absolute atomic E-state index is 11.9. The Morgan fingerprint density at radius 2 is 2.28 bits per heavy atom. The monoisotopic (exact) mass is 244 g/mol. The van der Waals surface area contributed by atoms with Gasteiger partial charge < -0.3 is 15.6 Å². The molecule has 3 N–H and O–H groups in total. The van der Waals surface area contributed by atoms with Crippen LogP contribution in [0.2, 0.25) is 0 Å². The fraction of sp³-hybridized carbons (Fsp3) is 0.385. The van der Waals surface area contributed by atoms with Crippen LogP contribution in [-0.2, 0) is 11.8 Å². The number of amides is 1. The molecule has 18 heavy (non-hydrogen) atoms. The lowest BCUT2D eigenvalue weighted by atomic mass is 9.80. The molecular weight excluding hydrogens is 228 g/mol. The summed E-state index contributed by atoms with van der Waals surface area (Å²) in [5.41, 5.74) is 8.43. The zero-order chi connectivity index (χ0) is 12.7. The largest absolute Gasteiger partial charge is 0.334 e. The molecule has 0 saturated heterocycles. The standard InChI is InChI=1S/C13H16N4O/c1-17-7-15-11-6-10(2-3-12(11)17)16-13(18)8-4-9(14)5-8/h2-3,6-9H,4-5,14H2,1H3,(H,16,18). The van der Waals surface area contributed by atoms with Crippen LogP contribution in [0.1, 0.15) is 12.8 Å². The van der Waals surface area contributed by atoms with E-state index in [1.807, 2.05) is 29.8 Å². The Kier molecular flexibility index (Phi) is 2.56. The van der Waals surface area contributed by atoms with Crippen molar-refractivity contribution in [3.05, 3.63) is 24.5 Å². The lowest BCUT2D eigenvalue weighted by Gasteiger charge is -2.31. The summed E-state index contributed by atoms with van der Waals surface area (Å²) >= 11 is 0. The van der Waals surface area contributed by atoms with Gasteiger partial charge >= 0.3 is 0 Å². The Hall–Kier alpha value is -1.88. The van der Waals surface area contributed by atoms with E-state index in [-0.39, 0.29) is 17.9 Å². The van der Waals surface area contributed by atoms with Gasteiger partial charge in [0.15, 0.2) is 0 Å². The minimum Gasteiger partial charge on any atom is -0.334 e. The number of aromatic nitrogens is 2. The quantitative estimate of drug-likeness (QED) is 0.835. The average molecular weight is 244 g/mol. The van der Waals surface area contributed by atoms with Gasteiger partial charge in [0.25, 0.3) is 0 Å². The number of fused-ring (bicyclic) bond motifs is 1. The molecule has 5 heteroatoms. The molecule has 1 fully saturated rings. The number of rotatable bonds is 2. The molecule has 0 unspecified atom stereocenters. The molecule has 1 aliphatic carbocycles. The Labute approximate surface area is 105 Å². The average Bonchev–Trinajstić information content (AvgIpc) is 2.66. The summed E-state index contributed by atoms with van der Waals surface area (Å²) in [6.45, 7) is 0. The van der Waals surface area contributed by atoms with Crippen LogP contribution in [0, 0.1) is 5.92 Å². The predicted octanol–water partition coefficient (Wildman–Crippen LogP) is 1.25. The summed E-state index contributed by atoms with van der Waals surface area (Å²) in [6, 6.07) is 5.95. The van der Waals surface area contributed by atoms with E-state index >= 15 is 0 Å². The first-order valence-electron chi connectivity index (χ1n) is 6.11. The minimum atomic E-state index is 0.0620. The van der Waals surface area contributed by atoms with Crippen LogP contribution >= 0.6 is 0 Å². The number of nitrogens with two attached hydrogens (primary N) is 1. The van der Waals surface area contributed by atoms with E-state index in [2.05, 4.69) is 10.3 Å². The van der Waals surface area contributed by atoms with Crippen LogP contribution in [0.25, 0.3) is 11.0 Å². The number of hydrogen-bond donors (Lipinski definition) is 2. The SMILES string of the molecule is Cn1cnc2cc(NC(=O)C3CC(N)C3)ccc21. The highest BCUT2D eigenvalue weighted by molar-refractivity contribution is 5.95. The second-order valence-electron chi connectivity index (χ2n) is 4.98. The van der Waals surface area contributed by atoms with E-state index in [0.29, 0.717) is 0 Å². The zero-order valence-corrected chi connectivity index (χ0v) is 10.3. The number of aryl methyl sites for hydroxylation is 1. The van der Waals surface area contributed by atoms with E-state index in [4.69, 9.17) is 5.73 Å². The third kappa shape index (κ3) is 1.86. The highest BCUT2D eigenvalue weighted by Crippen LogP contribution is 2.27. The van der Waals surface area contributed by atoms with E-state index < -0.39 is 0 Å². The highest BCUT2D eigenvalue weighted by atomic mass is 16.1. The molecule has 0 radical (unpaired) electrons. The Morgan fingerprint density at radius 1 is 1.50 bits per heavy atom. The summed E-state index contributed by atoms with van der Waals surface area (Å²) in [6.07, 6.45) is 3.34. The second-order valence-corrected chi connectivity index (χ2v) is 4.98. The molecule has 0 atom stereocenters. The van der Waals surface area contributed by atoms with Crippen LogP contribution < -0.4 is 11.1 Å². The topological polar surface area (TPSA) is 72.9 Å². The summed E-state index contributed by atoms with van der Waals surface area (Å²) < 4.78 is 1.95. The normalized spacial score (nSPS) is 22.8. The molecule has 3 rings (SSSR count). The minimum absolute atomic E-state index is 0.0620. The van der Waals surface area contributed by atoms with Gasteiger partial charge in [0.1, 0.15) is 0 Å². The van der Waals surface area contributed by atoms with Crippen molar-refractivity contribution in [2.75, 3.05) is 5.32 Å². The van der Waals surface area contributed by atoms with Crippen LogP contribution in [0.3, 0.4) is 0 Å². The van der Waals surface area contributed by atoms with E-state index in [1.165, 1.54) is 0 Å². The first-order chi connectivity index (χ1) is 8.63. The molecule has 2 aromatic rings. The molecule has 5 nitrogen and oxygen atoms in total. The molecule has 0 aliphatic heterocycles. The van der Waals surface area contributed by atoms with Gasteiger partial charge in [0.2, 0.25) is 5.91 Å². The lowest BCUT2D eigenvalue weighted by molar-refractivity contribution is -0.122. The Morgan fingerprint density at radius 3 is 3.00 bits per heavy atom. The summed E-state index contributed by atoms with van der Waals surface area (Å²) in [5, 5.41) is 2.92. The summed E-state index contributed by atoms with van der Waals surface area (Å²) in [7, 11) is 1.95. The van der Waals surface area contributed by atoms with Gasteiger partial charge in [-0.15, -0.1) is 0 Å². The molecule has 1 heterocycles. The number of carbonyl (C=O) groups excluding carboxylic acids is 1. The number of carbonyl (C=O) groups is 1. The van der Waals surface area contributed by atoms with Gasteiger partial charge in [0.05, 0.1) is 17.4 Å². The van der Waals surface area contributed by atoms with Crippen molar-refractivity contribution < 1.29 is 4.79 Å². The fourth-order valence-corrected chi connectivity index (χ4v) is 2.33. The molecule has 1 saturated carbocycles. The van der Waals surface area contributed by atoms with Crippen molar-refractivity contribution in [3.8, 4) is 0 Å². The Bertz CT molecular complexity index is 598. The molecule has 0 bridgehead atoms. The van der Waals surface area contributed by atoms with Crippen molar-refractivity contribution in [1.82, 2.24) is 9.55 Å². The molecule has 94 valence electrons. The smallest absolute Gasteiger partial charge is 0.227 e. The molecule has 1 amide bonds. The van der Waals surface area contributed by atoms with Crippen molar-refractivity contribution in [1.29, 1.82) is 0 Å². The number of imidazole rings is 1. The van der Waals surface area contributed by atoms with Gasteiger partial charge in [-0.05, 0) is 31.0 Å². The lowest BCUT2D eigenvalue weighted by Crippen LogP contribution is -2.42. The number of benzene rings is 1. The van der Waals surface area contributed by atoms with Crippen LogP contribution in [0.5, 0.6) is 0 Å². The fourth-order valence-electron chi connectivity index (χ4n) is 2.33. The van der Waals surface area contributed by atoms with E-state index in [9.17, 15) is 4.79 Å². The van der Waals surface area contributed by atoms with Gasteiger partial charge in [0, 0.05) is 24.7 Å². The van der Waals surface area contributed by atoms with Crippen LogP contribution in [0.4, 0.5) is 5.69 Å². The van der Waals surface area contributed by atoms with Gasteiger partial charge in [-0.3, -0.25) is 4.79 Å². The first kappa shape index (κ1) is 11.2. The highest BCUT2D eigenvalue weighted by Gasteiger charge is 2.31.